The molecular formula is C21H21ClO5. The van der Waals surface area contributed by atoms with Crippen molar-refractivity contribution in [3.63, 3.8) is 0 Å². The van der Waals surface area contributed by atoms with Crippen LogP contribution in [0.25, 0.3) is 0 Å². The number of carboxylic acid groups (broad SMARTS) is 1. The molecule has 0 amide bonds. The van der Waals surface area contributed by atoms with Crippen LogP contribution in [0.1, 0.15) is 49.7 Å². The molecule has 2 aromatic carbocycles. The summed E-state index contributed by atoms with van der Waals surface area (Å²) in [6.45, 7) is 3.91. The first-order valence-corrected chi connectivity index (χ1v) is 9.16. The molecule has 0 saturated carbocycles. The minimum atomic E-state index is -0.986. The maximum absolute atomic E-state index is 12.3. The Morgan fingerprint density at radius 3 is 2.48 bits per heavy atom. The average Bonchev–Trinajstić information content (AvgIpc) is 3.01. The van der Waals surface area contributed by atoms with Crippen molar-refractivity contribution in [3.8, 4) is 0 Å². The normalized spacial score (nSPS) is 21.8. The number of aromatic carboxylic acids is 1. The Bertz CT molecular complexity index is 846. The van der Waals surface area contributed by atoms with Crippen LogP contribution in [0.2, 0.25) is 0 Å². The second-order valence-corrected chi connectivity index (χ2v) is 7.25. The van der Waals surface area contributed by atoms with Gasteiger partial charge in [-0.2, -0.15) is 0 Å². The fourth-order valence-electron chi connectivity index (χ4n) is 3.28. The van der Waals surface area contributed by atoms with Gasteiger partial charge in [0.25, 0.3) is 0 Å². The molecule has 142 valence electrons. The highest BCUT2D eigenvalue weighted by molar-refractivity contribution is 6.19. The Morgan fingerprint density at radius 1 is 1.15 bits per heavy atom. The van der Waals surface area contributed by atoms with Gasteiger partial charge in [0.05, 0.1) is 11.1 Å². The molecule has 0 aromatic heterocycles. The summed E-state index contributed by atoms with van der Waals surface area (Å²) >= 11 is 6.18. The van der Waals surface area contributed by atoms with E-state index in [1.165, 1.54) is 0 Å². The molecule has 1 saturated heterocycles. The molecule has 2 aromatic rings. The van der Waals surface area contributed by atoms with Crippen LogP contribution in [-0.4, -0.2) is 35.3 Å². The molecule has 27 heavy (non-hydrogen) atoms. The van der Waals surface area contributed by atoms with Crippen LogP contribution in [0.5, 0.6) is 0 Å². The van der Waals surface area contributed by atoms with E-state index in [9.17, 15) is 14.7 Å². The number of carbonyl (C=O) groups is 2. The van der Waals surface area contributed by atoms with Crippen molar-refractivity contribution in [2.45, 2.75) is 37.9 Å². The van der Waals surface area contributed by atoms with Crippen molar-refractivity contribution in [3.05, 3.63) is 70.3 Å². The van der Waals surface area contributed by atoms with Crippen molar-refractivity contribution in [2.75, 3.05) is 6.61 Å². The summed E-state index contributed by atoms with van der Waals surface area (Å²) in [4.78, 5) is 23.6. The molecule has 3 rings (SSSR count). The molecule has 3 atom stereocenters. The Kier molecular flexibility index (Phi) is 5.82. The fraction of sp³-hybridized carbons (Fsp3) is 0.333. The van der Waals surface area contributed by atoms with Crippen LogP contribution in [0, 0.1) is 13.8 Å². The highest BCUT2D eigenvalue weighted by Gasteiger charge is 2.37. The molecule has 1 aliphatic heterocycles. The van der Waals surface area contributed by atoms with E-state index < -0.39 is 23.6 Å². The van der Waals surface area contributed by atoms with E-state index in [2.05, 4.69) is 0 Å². The SMILES string of the molecule is Cc1ccc(C(=O)OC[C@@H]2O[C@H](Cl)C[C@H]2c2cc(C(=O)O)ccc2C)cc1. The first-order chi connectivity index (χ1) is 12.8. The lowest BCUT2D eigenvalue weighted by Crippen LogP contribution is -2.24. The standard InChI is InChI=1S/C21H21ClO5/c1-12-3-6-14(7-4-12)21(25)26-11-18-17(10-19(22)27-18)16-9-15(20(23)24)8-5-13(16)2/h3-9,17-19H,10-11H2,1-2H3,(H,23,24)/t17-,18-,19-/m0/s1. The molecule has 0 bridgehead atoms. The molecule has 0 unspecified atom stereocenters. The van der Waals surface area contributed by atoms with Gasteiger partial charge in [0.2, 0.25) is 0 Å². The van der Waals surface area contributed by atoms with Crippen LogP contribution in [0.4, 0.5) is 0 Å². The number of ether oxygens (including phenoxy) is 2. The van der Waals surface area contributed by atoms with Crippen molar-refractivity contribution in [1.29, 1.82) is 0 Å². The van der Waals surface area contributed by atoms with E-state index in [0.29, 0.717) is 12.0 Å². The molecule has 1 fully saturated rings. The predicted octanol–water partition coefficient (Wildman–Crippen LogP) is 4.30. The van der Waals surface area contributed by atoms with E-state index in [1.54, 1.807) is 30.3 Å². The van der Waals surface area contributed by atoms with Gasteiger partial charge in [0.15, 0.2) is 0 Å². The summed E-state index contributed by atoms with van der Waals surface area (Å²) in [5, 5.41) is 9.26. The summed E-state index contributed by atoms with van der Waals surface area (Å²) in [5.74, 6) is -1.55. The first kappa shape index (κ1) is 19.4. The van der Waals surface area contributed by atoms with Gasteiger partial charge in [-0.3, -0.25) is 0 Å². The predicted molar refractivity (Wildman–Crippen MR) is 101 cm³/mol. The number of benzene rings is 2. The minimum Gasteiger partial charge on any atom is -0.478 e. The van der Waals surface area contributed by atoms with Gasteiger partial charge >= 0.3 is 11.9 Å². The molecule has 1 aliphatic rings. The number of hydrogen-bond acceptors (Lipinski definition) is 4. The van der Waals surface area contributed by atoms with E-state index in [0.717, 1.165) is 16.7 Å². The number of aryl methyl sites for hydroxylation is 2. The van der Waals surface area contributed by atoms with Crippen molar-refractivity contribution in [1.82, 2.24) is 0 Å². The zero-order valence-corrected chi connectivity index (χ0v) is 15.9. The Hall–Kier alpha value is -2.37. The average molecular weight is 389 g/mol. The number of rotatable bonds is 5. The third-order valence-electron chi connectivity index (χ3n) is 4.80. The second-order valence-electron chi connectivity index (χ2n) is 6.77. The summed E-state index contributed by atoms with van der Waals surface area (Å²) in [6.07, 6.45) is 0.0998. The third kappa shape index (κ3) is 4.49. The first-order valence-electron chi connectivity index (χ1n) is 8.72. The topological polar surface area (TPSA) is 72.8 Å². The molecule has 6 heteroatoms. The van der Waals surface area contributed by atoms with E-state index >= 15 is 0 Å². The van der Waals surface area contributed by atoms with E-state index in [1.807, 2.05) is 26.0 Å². The lowest BCUT2D eigenvalue weighted by atomic mass is 9.88. The van der Waals surface area contributed by atoms with Crippen molar-refractivity contribution < 1.29 is 24.2 Å². The summed E-state index contributed by atoms with van der Waals surface area (Å²) < 4.78 is 11.2. The zero-order chi connectivity index (χ0) is 19.6. The van der Waals surface area contributed by atoms with Gasteiger partial charge in [-0.05, 0) is 55.7 Å². The maximum Gasteiger partial charge on any atom is 0.338 e. The van der Waals surface area contributed by atoms with Crippen LogP contribution >= 0.6 is 11.6 Å². The Labute approximate surface area is 162 Å². The van der Waals surface area contributed by atoms with Crippen LogP contribution < -0.4 is 0 Å². The van der Waals surface area contributed by atoms with Crippen molar-refractivity contribution in [2.24, 2.45) is 0 Å². The fourth-order valence-corrected chi connectivity index (χ4v) is 3.60. The molecule has 0 radical (unpaired) electrons. The third-order valence-corrected chi connectivity index (χ3v) is 5.08. The van der Waals surface area contributed by atoms with Crippen LogP contribution in [0.3, 0.4) is 0 Å². The second kappa shape index (κ2) is 8.11. The monoisotopic (exact) mass is 388 g/mol. The van der Waals surface area contributed by atoms with Gasteiger partial charge in [-0.25, -0.2) is 9.59 Å². The Morgan fingerprint density at radius 2 is 1.81 bits per heavy atom. The molecule has 0 aliphatic carbocycles. The van der Waals surface area contributed by atoms with Gasteiger partial charge in [0.1, 0.15) is 18.3 Å². The number of hydrogen-bond donors (Lipinski definition) is 1. The number of carboxylic acids is 1. The van der Waals surface area contributed by atoms with Crippen molar-refractivity contribution >= 4 is 23.5 Å². The molecule has 0 spiro atoms. The molecule has 5 nitrogen and oxygen atoms in total. The summed E-state index contributed by atoms with van der Waals surface area (Å²) in [7, 11) is 0. The number of halogens is 1. The van der Waals surface area contributed by atoms with Gasteiger partial charge in [-0.1, -0.05) is 35.4 Å². The summed E-state index contributed by atoms with van der Waals surface area (Å²) in [5.41, 5.74) is 3.05. The van der Waals surface area contributed by atoms with E-state index in [-0.39, 0.29) is 18.1 Å². The van der Waals surface area contributed by atoms with Gasteiger partial charge in [0, 0.05) is 5.92 Å². The number of carbonyl (C=O) groups excluding carboxylic acids is 1. The minimum absolute atomic E-state index is 0.0529. The smallest absolute Gasteiger partial charge is 0.338 e. The van der Waals surface area contributed by atoms with Crippen LogP contribution in [0.15, 0.2) is 42.5 Å². The largest absolute Gasteiger partial charge is 0.478 e. The highest BCUT2D eigenvalue weighted by Crippen LogP contribution is 2.38. The molecular weight excluding hydrogens is 368 g/mol. The van der Waals surface area contributed by atoms with Gasteiger partial charge < -0.3 is 14.6 Å². The number of esters is 1. The van der Waals surface area contributed by atoms with Gasteiger partial charge in [-0.15, -0.1) is 0 Å². The lowest BCUT2D eigenvalue weighted by Gasteiger charge is -2.20. The highest BCUT2D eigenvalue weighted by atomic mass is 35.5. The lowest BCUT2D eigenvalue weighted by molar-refractivity contribution is 0.00600. The molecule has 1 heterocycles. The zero-order valence-electron chi connectivity index (χ0n) is 15.1. The van der Waals surface area contributed by atoms with Crippen LogP contribution in [-0.2, 0) is 9.47 Å². The molecule has 1 N–H and O–H groups in total. The quantitative estimate of drug-likeness (QED) is 0.610. The number of alkyl halides is 1. The maximum atomic E-state index is 12.3. The Balaban J connectivity index is 1.75. The van der Waals surface area contributed by atoms with E-state index in [4.69, 9.17) is 21.1 Å². The summed E-state index contributed by atoms with van der Waals surface area (Å²) in [6, 6.07) is 12.1.